The number of carboxylic acids is 1. The average molecular weight is 256 g/mol. The molecule has 0 saturated heterocycles. The summed E-state index contributed by atoms with van der Waals surface area (Å²) in [6.45, 7) is -0.326. The van der Waals surface area contributed by atoms with Crippen molar-refractivity contribution < 1.29 is 29.2 Å². The SMILES string of the molecule is COc1cccc(C(OCCO)C(=O)O)c1OC. The van der Waals surface area contributed by atoms with Crippen LogP contribution in [0.15, 0.2) is 18.2 Å². The molecule has 0 saturated carbocycles. The van der Waals surface area contributed by atoms with Crippen LogP contribution in [-0.4, -0.2) is 43.6 Å². The van der Waals surface area contributed by atoms with Crippen molar-refractivity contribution in [2.24, 2.45) is 0 Å². The second-order valence-electron chi connectivity index (χ2n) is 3.40. The van der Waals surface area contributed by atoms with Gasteiger partial charge in [-0.3, -0.25) is 0 Å². The number of para-hydroxylation sites is 1. The van der Waals surface area contributed by atoms with Gasteiger partial charge in [-0.1, -0.05) is 12.1 Å². The zero-order valence-electron chi connectivity index (χ0n) is 10.3. The Morgan fingerprint density at radius 1 is 1.33 bits per heavy atom. The fourth-order valence-electron chi connectivity index (χ4n) is 1.58. The molecule has 18 heavy (non-hydrogen) atoms. The number of aliphatic hydroxyl groups is 1. The Hall–Kier alpha value is -1.79. The predicted octanol–water partition coefficient (Wildman–Crippen LogP) is 0.838. The summed E-state index contributed by atoms with van der Waals surface area (Å²) in [5.41, 5.74) is 0.345. The maximum Gasteiger partial charge on any atom is 0.337 e. The second-order valence-corrected chi connectivity index (χ2v) is 3.40. The van der Waals surface area contributed by atoms with E-state index in [1.807, 2.05) is 0 Å². The summed E-state index contributed by atoms with van der Waals surface area (Å²) in [7, 11) is 2.89. The van der Waals surface area contributed by atoms with Crippen LogP contribution in [0.4, 0.5) is 0 Å². The van der Waals surface area contributed by atoms with E-state index in [0.29, 0.717) is 17.1 Å². The van der Waals surface area contributed by atoms with Gasteiger partial charge in [-0.25, -0.2) is 4.79 Å². The molecule has 100 valence electrons. The van der Waals surface area contributed by atoms with E-state index >= 15 is 0 Å². The number of carbonyl (C=O) groups is 1. The summed E-state index contributed by atoms with van der Waals surface area (Å²) in [5, 5.41) is 17.8. The van der Waals surface area contributed by atoms with Crippen LogP contribution in [0.3, 0.4) is 0 Å². The van der Waals surface area contributed by atoms with E-state index in [0.717, 1.165) is 0 Å². The fraction of sp³-hybridized carbons (Fsp3) is 0.417. The van der Waals surface area contributed by atoms with E-state index in [1.54, 1.807) is 18.2 Å². The molecule has 0 aliphatic rings. The second kappa shape index (κ2) is 6.83. The van der Waals surface area contributed by atoms with Crippen LogP contribution in [0, 0.1) is 0 Å². The molecule has 1 unspecified atom stereocenters. The Bertz CT molecular complexity index is 404. The minimum atomic E-state index is -1.21. The molecule has 1 atom stereocenters. The first-order valence-electron chi connectivity index (χ1n) is 5.31. The third-order valence-corrected chi connectivity index (χ3v) is 2.32. The standard InChI is InChI=1S/C12H16O6/c1-16-9-5-3-4-8(10(9)17-2)11(12(14)15)18-7-6-13/h3-5,11,13H,6-7H2,1-2H3,(H,14,15). The smallest absolute Gasteiger partial charge is 0.337 e. The van der Waals surface area contributed by atoms with Crippen LogP contribution in [0.5, 0.6) is 11.5 Å². The van der Waals surface area contributed by atoms with Crippen LogP contribution in [0.1, 0.15) is 11.7 Å². The average Bonchev–Trinajstić information content (AvgIpc) is 2.38. The number of benzene rings is 1. The highest BCUT2D eigenvalue weighted by Gasteiger charge is 2.25. The van der Waals surface area contributed by atoms with Crippen molar-refractivity contribution in [2.75, 3.05) is 27.4 Å². The molecule has 0 bridgehead atoms. The summed E-state index contributed by atoms with van der Waals surface area (Å²) >= 11 is 0. The van der Waals surface area contributed by atoms with E-state index in [4.69, 9.17) is 24.4 Å². The zero-order chi connectivity index (χ0) is 13.5. The molecule has 1 aromatic carbocycles. The quantitative estimate of drug-likeness (QED) is 0.752. The largest absolute Gasteiger partial charge is 0.493 e. The molecule has 0 radical (unpaired) electrons. The van der Waals surface area contributed by atoms with E-state index < -0.39 is 12.1 Å². The highest BCUT2D eigenvalue weighted by Crippen LogP contribution is 2.36. The van der Waals surface area contributed by atoms with Gasteiger partial charge in [0.15, 0.2) is 17.6 Å². The van der Waals surface area contributed by atoms with Gasteiger partial charge in [0.05, 0.1) is 27.4 Å². The maximum absolute atomic E-state index is 11.2. The lowest BCUT2D eigenvalue weighted by atomic mass is 10.1. The molecule has 0 spiro atoms. The number of carboxylic acid groups (broad SMARTS) is 1. The van der Waals surface area contributed by atoms with Crippen molar-refractivity contribution in [3.63, 3.8) is 0 Å². The van der Waals surface area contributed by atoms with Gasteiger partial charge in [-0.05, 0) is 6.07 Å². The lowest BCUT2D eigenvalue weighted by Crippen LogP contribution is -2.18. The van der Waals surface area contributed by atoms with E-state index in [9.17, 15) is 4.79 Å². The van der Waals surface area contributed by atoms with Crippen LogP contribution in [-0.2, 0) is 9.53 Å². The van der Waals surface area contributed by atoms with Crippen LogP contribution in [0.25, 0.3) is 0 Å². The number of hydrogen-bond donors (Lipinski definition) is 2. The molecular weight excluding hydrogens is 240 g/mol. The Morgan fingerprint density at radius 3 is 2.56 bits per heavy atom. The van der Waals surface area contributed by atoms with Crippen LogP contribution < -0.4 is 9.47 Å². The van der Waals surface area contributed by atoms with Crippen molar-refractivity contribution in [2.45, 2.75) is 6.10 Å². The molecule has 2 N–H and O–H groups in total. The molecule has 0 aromatic heterocycles. The summed E-state index contributed by atoms with van der Waals surface area (Å²) in [6, 6.07) is 4.89. The topological polar surface area (TPSA) is 85.2 Å². The van der Waals surface area contributed by atoms with Gasteiger partial charge in [0, 0.05) is 5.56 Å². The number of aliphatic carboxylic acids is 1. The molecule has 0 heterocycles. The third kappa shape index (κ3) is 3.12. The minimum absolute atomic E-state index is 0.0721. The molecule has 6 heteroatoms. The number of hydrogen-bond acceptors (Lipinski definition) is 5. The minimum Gasteiger partial charge on any atom is -0.493 e. The molecule has 6 nitrogen and oxygen atoms in total. The van der Waals surface area contributed by atoms with Crippen molar-refractivity contribution >= 4 is 5.97 Å². The maximum atomic E-state index is 11.2. The first-order chi connectivity index (χ1) is 8.65. The highest BCUT2D eigenvalue weighted by molar-refractivity contribution is 5.76. The van der Waals surface area contributed by atoms with Gasteiger partial charge < -0.3 is 24.4 Å². The van der Waals surface area contributed by atoms with Gasteiger partial charge in [0.25, 0.3) is 0 Å². The molecule has 0 aliphatic carbocycles. The molecular formula is C12H16O6. The summed E-state index contributed by atoms with van der Waals surface area (Å²) in [4.78, 5) is 11.2. The molecule has 0 aliphatic heterocycles. The Labute approximate surface area is 105 Å². The molecule has 0 fully saturated rings. The normalized spacial score (nSPS) is 11.9. The summed E-state index contributed by atoms with van der Waals surface area (Å²) in [6.07, 6.45) is -1.21. The summed E-state index contributed by atoms with van der Waals surface area (Å²) in [5.74, 6) is -0.422. The van der Waals surface area contributed by atoms with Gasteiger partial charge >= 0.3 is 5.97 Å². The van der Waals surface area contributed by atoms with E-state index in [1.165, 1.54) is 14.2 Å². The van der Waals surface area contributed by atoms with Gasteiger partial charge in [-0.2, -0.15) is 0 Å². The highest BCUT2D eigenvalue weighted by atomic mass is 16.5. The van der Waals surface area contributed by atoms with Gasteiger partial charge in [0.1, 0.15) is 0 Å². The number of rotatable bonds is 7. The predicted molar refractivity (Wildman–Crippen MR) is 63.0 cm³/mol. The fourth-order valence-corrected chi connectivity index (χ4v) is 1.58. The van der Waals surface area contributed by atoms with Crippen LogP contribution in [0.2, 0.25) is 0 Å². The number of ether oxygens (including phenoxy) is 3. The van der Waals surface area contributed by atoms with E-state index in [-0.39, 0.29) is 13.2 Å². The number of methoxy groups -OCH3 is 2. The Kier molecular flexibility index (Phi) is 5.41. The zero-order valence-corrected chi connectivity index (χ0v) is 10.3. The molecule has 1 aromatic rings. The van der Waals surface area contributed by atoms with Crippen molar-refractivity contribution in [1.29, 1.82) is 0 Å². The lowest BCUT2D eigenvalue weighted by molar-refractivity contribution is -0.151. The monoisotopic (exact) mass is 256 g/mol. The first kappa shape index (κ1) is 14.3. The van der Waals surface area contributed by atoms with Gasteiger partial charge in [0.2, 0.25) is 0 Å². The van der Waals surface area contributed by atoms with Crippen LogP contribution >= 0.6 is 0 Å². The first-order valence-corrected chi connectivity index (χ1v) is 5.31. The Morgan fingerprint density at radius 2 is 2.06 bits per heavy atom. The summed E-state index contributed by atoms with van der Waals surface area (Å²) < 4.78 is 15.3. The molecule has 0 amide bonds. The third-order valence-electron chi connectivity index (χ3n) is 2.32. The lowest BCUT2D eigenvalue weighted by Gasteiger charge is -2.18. The van der Waals surface area contributed by atoms with Crippen molar-refractivity contribution in [3.8, 4) is 11.5 Å². The van der Waals surface area contributed by atoms with Crippen molar-refractivity contribution in [3.05, 3.63) is 23.8 Å². The van der Waals surface area contributed by atoms with Crippen molar-refractivity contribution in [1.82, 2.24) is 0 Å². The molecule has 1 rings (SSSR count). The Balaban J connectivity index is 3.14. The van der Waals surface area contributed by atoms with Gasteiger partial charge in [-0.15, -0.1) is 0 Å². The van der Waals surface area contributed by atoms with E-state index in [2.05, 4.69) is 0 Å². The number of aliphatic hydroxyl groups excluding tert-OH is 1.